The zero-order chi connectivity index (χ0) is 29.5. The normalized spacial score (nSPS) is 12.4. The third-order valence-corrected chi connectivity index (χ3v) is 4.40. The van der Waals surface area contributed by atoms with E-state index in [0.717, 1.165) is 6.08 Å². The van der Waals surface area contributed by atoms with Crippen LogP contribution in [0, 0.1) is 0 Å². The SMILES string of the molecule is C=C/C(F)=C\C(F)=C(/CF)OC(=O)CCOCCOCCOCCOCCOCCOCCOCCOCCN. The Balaban J connectivity index is 3.38. The first-order valence-corrected chi connectivity index (χ1v) is 13.0. The second-order valence-electron chi connectivity index (χ2n) is 7.55. The van der Waals surface area contributed by atoms with Crippen LogP contribution in [0.3, 0.4) is 0 Å². The maximum Gasteiger partial charge on any atom is 0.313 e. The van der Waals surface area contributed by atoms with E-state index in [1.807, 2.05) is 0 Å². The number of carbonyl (C=O) groups excluding carboxylic acids is 1. The van der Waals surface area contributed by atoms with E-state index in [4.69, 9.17) is 43.6 Å². The Morgan fingerprint density at radius 1 is 0.625 bits per heavy atom. The second-order valence-corrected chi connectivity index (χ2v) is 7.55. The van der Waals surface area contributed by atoms with Gasteiger partial charge in [-0.25, -0.2) is 13.2 Å². The third-order valence-electron chi connectivity index (χ3n) is 4.40. The minimum absolute atomic E-state index is 0.0355. The Morgan fingerprint density at radius 3 is 1.30 bits per heavy atom. The van der Waals surface area contributed by atoms with Crippen LogP contribution in [0.5, 0.6) is 0 Å². The largest absolute Gasteiger partial charge is 0.425 e. The van der Waals surface area contributed by atoms with Crippen molar-refractivity contribution < 1.29 is 60.6 Å². The molecule has 0 rings (SSSR count). The van der Waals surface area contributed by atoms with Crippen LogP contribution in [0.2, 0.25) is 0 Å². The van der Waals surface area contributed by atoms with Crippen LogP contribution in [0.25, 0.3) is 0 Å². The van der Waals surface area contributed by atoms with Crippen molar-refractivity contribution in [1.29, 1.82) is 0 Å². The maximum atomic E-state index is 13.6. The fraction of sp³-hybridized carbons (Fsp3) is 0.731. The average molecular weight is 588 g/mol. The van der Waals surface area contributed by atoms with E-state index in [1.54, 1.807) is 0 Å². The molecular formula is C26H44F3NO10. The van der Waals surface area contributed by atoms with Crippen molar-refractivity contribution in [2.75, 3.05) is 119 Å². The molecule has 0 saturated carbocycles. The molecule has 0 amide bonds. The van der Waals surface area contributed by atoms with Gasteiger partial charge in [0.25, 0.3) is 0 Å². The van der Waals surface area contributed by atoms with Gasteiger partial charge < -0.3 is 48.4 Å². The van der Waals surface area contributed by atoms with E-state index in [2.05, 4.69) is 11.3 Å². The molecule has 0 aliphatic carbocycles. The van der Waals surface area contributed by atoms with Crippen molar-refractivity contribution in [1.82, 2.24) is 0 Å². The summed E-state index contributed by atoms with van der Waals surface area (Å²) in [5.41, 5.74) is 5.31. The molecule has 0 saturated heterocycles. The Hall–Kier alpha value is -1.88. The Bertz CT molecular complexity index is 683. The summed E-state index contributed by atoms with van der Waals surface area (Å²) >= 11 is 0. The summed E-state index contributed by atoms with van der Waals surface area (Å²) < 4.78 is 86.5. The van der Waals surface area contributed by atoms with Crippen molar-refractivity contribution >= 4 is 5.97 Å². The third kappa shape index (κ3) is 26.3. The van der Waals surface area contributed by atoms with E-state index in [-0.39, 0.29) is 26.2 Å². The van der Waals surface area contributed by atoms with Gasteiger partial charge in [-0.1, -0.05) is 6.58 Å². The molecule has 40 heavy (non-hydrogen) atoms. The first-order valence-electron chi connectivity index (χ1n) is 13.0. The van der Waals surface area contributed by atoms with Crippen LogP contribution in [-0.4, -0.2) is 125 Å². The Kier molecular flexibility index (Phi) is 28.7. The number of ether oxygens (including phenoxy) is 9. The lowest BCUT2D eigenvalue weighted by Gasteiger charge is -2.09. The molecule has 0 atom stereocenters. The molecule has 0 aromatic heterocycles. The number of nitrogens with two attached hydrogens (primary N) is 1. The molecular weight excluding hydrogens is 543 g/mol. The lowest BCUT2D eigenvalue weighted by atomic mass is 10.3. The van der Waals surface area contributed by atoms with Crippen LogP contribution < -0.4 is 5.73 Å². The van der Waals surface area contributed by atoms with Gasteiger partial charge in [-0.3, -0.25) is 4.79 Å². The number of hydrogen-bond donors (Lipinski definition) is 1. The number of carbonyl (C=O) groups is 1. The van der Waals surface area contributed by atoms with Crippen LogP contribution >= 0.6 is 0 Å². The summed E-state index contributed by atoms with van der Waals surface area (Å²) in [4.78, 5) is 11.6. The Labute approximate surface area is 234 Å². The highest BCUT2D eigenvalue weighted by molar-refractivity contribution is 5.70. The molecule has 0 aromatic rings. The van der Waals surface area contributed by atoms with E-state index in [1.165, 1.54) is 0 Å². The standard InChI is InChI=1S/C26H44F3NO10/c1-2-23(28)21-24(29)25(22-27)40-26(31)3-5-32-7-9-34-11-13-36-15-17-38-19-20-39-18-16-37-14-12-35-10-8-33-6-4-30/h2,21H,1,3-20,22,30H2/b23-21+,25-24-. The monoisotopic (exact) mass is 587 g/mol. The molecule has 0 spiro atoms. The fourth-order valence-electron chi connectivity index (χ4n) is 2.47. The minimum Gasteiger partial charge on any atom is -0.425 e. The second kappa shape index (κ2) is 30.1. The first-order chi connectivity index (χ1) is 19.5. The van der Waals surface area contributed by atoms with Gasteiger partial charge in [0.15, 0.2) is 18.3 Å². The molecule has 0 heterocycles. The number of halogens is 3. The molecule has 0 unspecified atom stereocenters. The number of allylic oxidation sites excluding steroid dienone is 5. The summed E-state index contributed by atoms with van der Waals surface area (Å²) in [6.07, 6.45) is 0.864. The summed E-state index contributed by atoms with van der Waals surface area (Å²) in [7, 11) is 0. The zero-order valence-corrected chi connectivity index (χ0v) is 23.1. The summed E-state index contributed by atoms with van der Waals surface area (Å²) in [5.74, 6) is -4.18. The highest BCUT2D eigenvalue weighted by Gasteiger charge is 2.12. The maximum absolute atomic E-state index is 13.6. The van der Waals surface area contributed by atoms with Crippen molar-refractivity contribution in [2.45, 2.75) is 6.42 Å². The zero-order valence-electron chi connectivity index (χ0n) is 23.1. The number of alkyl halides is 1. The van der Waals surface area contributed by atoms with Crippen LogP contribution in [0.1, 0.15) is 6.42 Å². The summed E-state index contributed by atoms with van der Waals surface area (Å²) in [5, 5.41) is 0. The molecule has 2 N–H and O–H groups in total. The van der Waals surface area contributed by atoms with Crippen LogP contribution in [0.15, 0.2) is 36.1 Å². The summed E-state index contributed by atoms with van der Waals surface area (Å²) in [6, 6.07) is 0. The number of hydrogen-bond acceptors (Lipinski definition) is 11. The average Bonchev–Trinajstić information content (AvgIpc) is 2.95. The number of rotatable bonds is 30. The van der Waals surface area contributed by atoms with Gasteiger partial charge in [0.2, 0.25) is 0 Å². The molecule has 0 aliphatic heterocycles. The highest BCUT2D eigenvalue weighted by atomic mass is 19.1. The van der Waals surface area contributed by atoms with Crippen molar-refractivity contribution in [2.24, 2.45) is 5.73 Å². The van der Waals surface area contributed by atoms with E-state index in [9.17, 15) is 18.0 Å². The molecule has 0 bridgehead atoms. The Morgan fingerprint density at radius 2 is 0.975 bits per heavy atom. The van der Waals surface area contributed by atoms with Crippen molar-refractivity contribution in [3.63, 3.8) is 0 Å². The minimum atomic E-state index is -1.41. The lowest BCUT2D eigenvalue weighted by molar-refractivity contribution is -0.141. The summed E-state index contributed by atoms with van der Waals surface area (Å²) in [6.45, 7) is 8.60. The predicted molar refractivity (Wildman–Crippen MR) is 140 cm³/mol. The molecule has 11 nitrogen and oxygen atoms in total. The van der Waals surface area contributed by atoms with Crippen LogP contribution in [-0.2, 0) is 47.4 Å². The van der Waals surface area contributed by atoms with Gasteiger partial charge in [0.1, 0.15) is 5.83 Å². The van der Waals surface area contributed by atoms with Crippen molar-refractivity contribution in [3.8, 4) is 0 Å². The van der Waals surface area contributed by atoms with E-state index >= 15 is 0 Å². The smallest absolute Gasteiger partial charge is 0.313 e. The molecule has 0 radical (unpaired) electrons. The van der Waals surface area contributed by atoms with Gasteiger partial charge in [-0.05, 0) is 6.08 Å². The van der Waals surface area contributed by atoms with Crippen molar-refractivity contribution in [3.05, 3.63) is 36.1 Å². The van der Waals surface area contributed by atoms with Gasteiger partial charge in [0, 0.05) is 12.6 Å². The fourth-order valence-corrected chi connectivity index (χ4v) is 2.47. The molecule has 234 valence electrons. The molecule has 0 aromatic carbocycles. The quantitative estimate of drug-likeness (QED) is 0.0575. The lowest BCUT2D eigenvalue weighted by Crippen LogP contribution is -2.15. The highest BCUT2D eigenvalue weighted by Crippen LogP contribution is 2.14. The topological polar surface area (TPSA) is 126 Å². The van der Waals surface area contributed by atoms with Gasteiger partial charge in [-0.2, -0.15) is 0 Å². The number of esters is 1. The van der Waals surface area contributed by atoms with Gasteiger partial charge in [-0.15, -0.1) is 0 Å². The van der Waals surface area contributed by atoms with E-state index < -0.39 is 30.1 Å². The van der Waals surface area contributed by atoms with Crippen LogP contribution in [0.4, 0.5) is 13.2 Å². The molecule has 0 fully saturated rings. The predicted octanol–water partition coefficient (Wildman–Crippen LogP) is 2.20. The van der Waals surface area contributed by atoms with Gasteiger partial charge in [0.05, 0.1) is 112 Å². The van der Waals surface area contributed by atoms with Gasteiger partial charge >= 0.3 is 5.97 Å². The van der Waals surface area contributed by atoms with E-state index in [0.29, 0.717) is 98.5 Å². The first kappa shape index (κ1) is 38.1. The molecule has 14 heteroatoms. The molecule has 0 aliphatic rings.